The monoisotopic (exact) mass is 349 g/mol. The molecule has 3 aromatic carbocycles. The highest BCUT2D eigenvalue weighted by molar-refractivity contribution is 9.10. The van der Waals surface area contributed by atoms with Crippen LogP contribution in [-0.2, 0) is 0 Å². The van der Waals surface area contributed by atoms with Crippen molar-refractivity contribution in [1.29, 1.82) is 0 Å². The lowest BCUT2D eigenvalue weighted by atomic mass is 10.2. The molecule has 0 unspecified atom stereocenters. The molecular formula is C19H12BrNO. The number of halogens is 1. The third kappa shape index (κ3) is 1.97. The highest BCUT2D eigenvalue weighted by atomic mass is 79.9. The summed E-state index contributed by atoms with van der Waals surface area (Å²) in [7, 11) is 0. The van der Waals surface area contributed by atoms with Crippen molar-refractivity contribution in [1.82, 2.24) is 4.57 Å². The number of aromatic nitrogens is 1. The van der Waals surface area contributed by atoms with Crippen molar-refractivity contribution in [2.75, 3.05) is 0 Å². The van der Waals surface area contributed by atoms with Crippen LogP contribution < -0.4 is 0 Å². The molecule has 0 saturated carbocycles. The van der Waals surface area contributed by atoms with E-state index in [1.54, 1.807) is 4.57 Å². The molecule has 22 heavy (non-hydrogen) atoms. The molecule has 4 aromatic rings. The summed E-state index contributed by atoms with van der Waals surface area (Å²) in [5.74, 6) is -0.00935. The molecule has 106 valence electrons. The highest BCUT2D eigenvalue weighted by Crippen LogP contribution is 2.29. The molecule has 0 aliphatic heterocycles. The first-order valence-corrected chi connectivity index (χ1v) is 7.83. The molecule has 0 aliphatic rings. The van der Waals surface area contributed by atoms with E-state index >= 15 is 0 Å². The number of hydrogen-bond acceptors (Lipinski definition) is 1. The fourth-order valence-corrected chi connectivity index (χ4v) is 3.13. The average molecular weight is 350 g/mol. The van der Waals surface area contributed by atoms with Gasteiger partial charge in [-0.2, -0.15) is 0 Å². The summed E-state index contributed by atoms with van der Waals surface area (Å²) in [6.45, 7) is 0. The summed E-state index contributed by atoms with van der Waals surface area (Å²) in [4.78, 5) is 13.0. The Morgan fingerprint density at radius 2 is 1.23 bits per heavy atom. The molecular weight excluding hydrogens is 338 g/mol. The molecule has 2 nitrogen and oxygen atoms in total. The van der Waals surface area contributed by atoms with Gasteiger partial charge in [-0.15, -0.1) is 0 Å². The van der Waals surface area contributed by atoms with Crippen molar-refractivity contribution in [3.8, 4) is 0 Å². The predicted octanol–water partition coefficient (Wildman–Crippen LogP) is 5.25. The second-order valence-electron chi connectivity index (χ2n) is 5.18. The van der Waals surface area contributed by atoms with Gasteiger partial charge >= 0.3 is 0 Å². The first-order chi connectivity index (χ1) is 10.8. The minimum Gasteiger partial charge on any atom is -0.276 e. The van der Waals surface area contributed by atoms with Crippen LogP contribution in [0.5, 0.6) is 0 Å². The quantitative estimate of drug-likeness (QED) is 0.460. The maximum atomic E-state index is 13.0. The molecule has 0 saturated heterocycles. The Hall–Kier alpha value is -2.39. The molecule has 0 fully saturated rings. The molecule has 1 heterocycles. The van der Waals surface area contributed by atoms with Crippen molar-refractivity contribution >= 4 is 43.6 Å². The minimum absolute atomic E-state index is 0.00935. The fraction of sp³-hybridized carbons (Fsp3) is 0. The van der Waals surface area contributed by atoms with E-state index in [4.69, 9.17) is 0 Å². The van der Waals surface area contributed by atoms with E-state index in [-0.39, 0.29) is 5.91 Å². The molecule has 0 radical (unpaired) electrons. The van der Waals surface area contributed by atoms with Crippen LogP contribution in [0.15, 0.2) is 77.3 Å². The highest BCUT2D eigenvalue weighted by Gasteiger charge is 2.16. The Labute approximate surface area is 136 Å². The summed E-state index contributed by atoms with van der Waals surface area (Å²) in [6.07, 6.45) is 0. The van der Waals surface area contributed by atoms with Gasteiger partial charge < -0.3 is 0 Å². The third-order valence-corrected chi connectivity index (χ3v) is 4.40. The van der Waals surface area contributed by atoms with E-state index in [2.05, 4.69) is 28.1 Å². The maximum Gasteiger partial charge on any atom is 0.262 e. The molecule has 0 bridgehead atoms. The van der Waals surface area contributed by atoms with Crippen LogP contribution >= 0.6 is 15.9 Å². The number of nitrogens with zero attached hydrogens (tertiary/aromatic N) is 1. The minimum atomic E-state index is -0.00935. The summed E-state index contributed by atoms with van der Waals surface area (Å²) in [5.41, 5.74) is 2.56. The number of fused-ring (bicyclic) bond motifs is 3. The Morgan fingerprint density at radius 1 is 0.727 bits per heavy atom. The summed E-state index contributed by atoms with van der Waals surface area (Å²) < 4.78 is 2.76. The molecule has 0 atom stereocenters. The molecule has 0 N–H and O–H groups in total. The second kappa shape index (κ2) is 5.11. The number of benzene rings is 3. The molecule has 0 amide bonds. The Balaban J connectivity index is 2.04. The lowest BCUT2D eigenvalue weighted by molar-refractivity contribution is 0.0969. The summed E-state index contributed by atoms with van der Waals surface area (Å²) >= 11 is 3.40. The smallest absolute Gasteiger partial charge is 0.262 e. The Bertz CT molecular complexity index is 946. The molecule has 0 spiro atoms. The zero-order chi connectivity index (χ0) is 15.1. The lowest BCUT2D eigenvalue weighted by Crippen LogP contribution is -2.11. The van der Waals surface area contributed by atoms with Gasteiger partial charge in [-0.3, -0.25) is 9.36 Å². The van der Waals surface area contributed by atoms with Crippen molar-refractivity contribution in [3.05, 3.63) is 82.8 Å². The van der Waals surface area contributed by atoms with Gasteiger partial charge in [0.1, 0.15) is 0 Å². The molecule has 3 heteroatoms. The number of carbonyl (C=O) groups excluding carboxylic acids is 1. The standard InChI is InChI=1S/C19H12BrNO/c20-14-11-9-13(10-12-14)19(22)21-17-7-3-1-5-15(17)16-6-2-4-8-18(16)21/h1-12H. The van der Waals surface area contributed by atoms with Crippen molar-refractivity contribution in [3.63, 3.8) is 0 Å². The van der Waals surface area contributed by atoms with Gasteiger partial charge in [-0.25, -0.2) is 0 Å². The Morgan fingerprint density at radius 3 is 1.77 bits per heavy atom. The van der Waals surface area contributed by atoms with Crippen LogP contribution in [0, 0.1) is 0 Å². The van der Waals surface area contributed by atoms with E-state index in [1.165, 1.54) is 0 Å². The van der Waals surface area contributed by atoms with Gasteiger partial charge in [0.15, 0.2) is 0 Å². The van der Waals surface area contributed by atoms with Gasteiger partial charge in [-0.1, -0.05) is 52.3 Å². The molecule has 0 aliphatic carbocycles. The van der Waals surface area contributed by atoms with Crippen molar-refractivity contribution in [2.24, 2.45) is 0 Å². The third-order valence-electron chi connectivity index (χ3n) is 3.87. The van der Waals surface area contributed by atoms with E-state index in [0.29, 0.717) is 5.56 Å². The molecule has 4 rings (SSSR count). The zero-order valence-corrected chi connectivity index (χ0v) is 13.2. The van der Waals surface area contributed by atoms with Gasteiger partial charge in [-0.05, 0) is 36.4 Å². The second-order valence-corrected chi connectivity index (χ2v) is 6.10. The Kier molecular flexibility index (Phi) is 3.09. The predicted molar refractivity (Wildman–Crippen MR) is 93.3 cm³/mol. The number of para-hydroxylation sites is 2. The SMILES string of the molecule is O=C(c1ccc(Br)cc1)n1c2ccccc2c2ccccc21. The van der Waals surface area contributed by atoms with Gasteiger partial charge in [0.25, 0.3) is 5.91 Å². The fourth-order valence-electron chi connectivity index (χ4n) is 2.86. The van der Waals surface area contributed by atoms with E-state index < -0.39 is 0 Å². The lowest BCUT2D eigenvalue weighted by Gasteiger charge is -2.06. The first-order valence-electron chi connectivity index (χ1n) is 7.04. The van der Waals surface area contributed by atoms with Crippen LogP contribution in [0.3, 0.4) is 0 Å². The largest absolute Gasteiger partial charge is 0.276 e. The van der Waals surface area contributed by atoms with Gasteiger partial charge in [0.05, 0.1) is 11.0 Å². The van der Waals surface area contributed by atoms with Crippen LogP contribution in [0.2, 0.25) is 0 Å². The normalized spacial score (nSPS) is 11.1. The molecule has 1 aromatic heterocycles. The van der Waals surface area contributed by atoms with E-state index in [9.17, 15) is 4.79 Å². The summed E-state index contributed by atoms with van der Waals surface area (Å²) in [5, 5.41) is 2.20. The first kappa shape index (κ1) is 13.3. The van der Waals surface area contributed by atoms with Crippen molar-refractivity contribution < 1.29 is 4.79 Å². The van der Waals surface area contributed by atoms with Gasteiger partial charge in [0.2, 0.25) is 0 Å². The van der Waals surface area contributed by atoms with E-state index in [0.717, 1.165) is 26.3 Å². The number of rotatable bonds is 1. The van der Waals surface area contributed by atoms with E-state index in [1.807, 2.05) is 60.7 Å². The number of hydrogen-bond donors (Lipinski definition) is 0. The summed E-state index contributed by atoms with van der Waals surface area (Å²) in [6, 6.07) is 23.5. The van der Waals surface area contributed by atoms with Crippen LogP contribution in [0.25, 0.3) is 21.8 Å². The van der Waals surface area contributed by atoms with Gasteiger partial charge in [0, 0.05) is 20.8 Å². The zero-order valence-electron chi connectivity index (χ0n) is 11.7. The maximum absolute atomic E-state index is 13.0. The van der Waals surface area contributed by atoms with Crippen LogP contribution in [0.4, 0.5) is 0 Å². The topological polar surface area (TPSA) is 22.0 Å². The van der Waals surface area contributed by atoms with Crippen LogP contribution in [0.1, 0.15) is 10.4 Å². The van der Waals surface area contributed by atoms with Crippen LogP contribution in [-0.4, -0.2) is 10.5 Å². The van der Waals surface area contributed by atoms with Crippen molar-refractivity contribution in [2.45, 2.75) is 0 Å². The number of carbonyl (C=O) groups is 1. The average Bonchev–Trinajstić information content (AvgIpc) is 2.89.